The Morgan fingerprint density at radius 3 is 2.02 bits per heavy atom. The lowest BCUT2D eigenvalue weighted by Crippen LogP contribution is -2.60. The molecule has 0 spiro atoms. The fourth-order valence-electron chi connectivity index (χ4n) is 7.72. The molecule has 0 radical (unpaired) electrons. The standard InChI is InChI=1S/C38H25BF2N2/c1-22-10-7-11-23(2)35(22)24-20-33-36-34(21-24)43(38-29(40)16-9-17-30(38)41)32-19-6-4-14-27(32)39(36)28-15-8-13-26-25-12-3-5-18-31(25)42(33)37(26)28/h3-21H,1-2H3. The molecule has 0 aliphatic carbocycles. The Morgan fingerprint density at radius 2 is 1.21 bits per heavy atom. The highest BCUT2D eigenvalue weighted by Gasteiger charge is 2.43. The lowest BCUT2D eigenvalue weighted by atomic mass is 9.33. The molecule has 0 saturated heterocycles. The zero-order chi connectivity index (χ0) is 29.0. The highest BCUT2D eigenvalue weighted by Crippen LogP contribution is 2.45. The minimum absolute atomic E-state index is 0.0596. The Kier molecular flexibility index (Phi) is 4.94. The predicted octanol–water partition coefficient (Wildman–Crippen LogP) is 7.96. The molecule has 2 nitrogen and oxygen atoms in total. The molecule has 3 heterocycles. The van der Waals surface area contributed by atoms with Crippen LogP contribution in [0.25, 0.3) is 38.6 Å². The van der Waals surface area contributed by atoms with Gasteiger partial charge in [0.25, 0.3) is 6.71 Å². The van der Waals surface area contributed by atoms with E-state index in [-0.39, 0.29) is 12.4 Å². The molecular weight excluding hydrogens is 533 g/mol. The Morgan fingerprint density at radius 1 is 0.581 bits per heavy atom. The quantitative estimate of drug-likeness (QED) is 0.196. The van der Waals surface area contributed by atoms with Gasteiger partial charge in [0, 0.05) is 33.4 Å². The van der Waals surface area contributed by atoms with Crippen LogP contribution in [0.5, 0.6) is 0 Å². The van der Waals surface area contributed by atoms with Crippen molar-refractivity contribution < 1.29 is 8.78 Å². The molecule has 0 unspecified atom stereocenters. The van der Waals surface area contributed by atoms with Crippen molar-refractivity contribution in [2.45, 2.75) is 13.8 Å². The van der Waals surface area contributed by atoms with E-state index in [0.717, 1.165) is 55.8 Å². The van der Waals surface area contributed by atoms with E-state index in [2.05, 4.69) is 97.3 Å². The van der Waals surface area contributed by atoms with Crippen molar-refractivity contribution in [1.82, 2.24) is 4.57 Å². The van der Waals surface area contributed by atoms with Crippen LogP contribution in [0.15, 0.2) is 115 Å². The van der Waals surface area contributed by atoms with E-state index in [0.29, 0.717) is 0 Å². The molecule has 0 atom stereocenters. The van der Waals surface area contributed by atoms with Crippen molar-refractivity contribution in [3.05, 3.63) is 138 Å². The van der Waals surface area contributed by atoms with Gasteiger partial charge in [0.05, 0.1) is 5.52 Å². The summed E-state index contributed by atoms with van der Waals surface area (Å²) in [6.07, 6.45) is 0. The van der Waals surface area contributed by atoms with Gasteiger partial charge in [-0.05, 0) is 88.9 Å². The van der Waals surface area contributed by atoms with E-state index < -0.39 is 11.6 Å². The summed E-state index contributed by atoms with van der Waals surface area (Å²) in [5, 5.41) is 2.40. The number of benzene rings is 6. The number of hydrogen-bond donors (Lipinski definition) is 0. The summed E-state index contributed by atoms with van der Waals surface area (Å²) in [7, 11) is 0. The molecule has 0 bridgehead atoms. The van der Waals surface area contributed by atoms with E-state index in [1.165, 1.54) is 40.0 Å². The molecule has 1 aromatic heterocycles. The number of fused-ring (bicyclic) bond motifs is 7. The molecular formula is C38H25BF2N2. The van der Waals surface area contributed by atoms with E-state index in [9.17, 15) is 0 Å². The van der Waals surface area contributed by atoms with Crippen molar-refractivity contribution in [3.63, 3.8) is 0 Å². The van der Waals surface area contributed by atoms with Crippen molar-refractivity contribution in [2.24, 2.45) is 0 Å². The summed E-state index contributed by atoms with van der Waals surface area (Å²) in [5.41, 5.74) is 12.6. The number of nitrogens with zero attached hydrogens (tertiary/aromatic N) is 2. The maximum Gasteiger partial charge on any atom is 0.252 e. The lowest BCUT2D eigenvalue weighted by molar-refractivity contribution is 0.586. The Balaban J connectivity index is 1.51. The van der Waals surface area contributed by atoms with Crippen LogP contribution in [0.4, 0.5) is 25.8 Å². The third-order valence-corrected chi connectivity index (χ3v) is 9.36. The summed E-state index contributed by atoms with van der Waals surface area (Å²) in [6, 6.07) is 38.0. The first kappa shape index (κ1) is 24.4. The fourth-order valence-corrected chi connectivity index (χ4v) is 7.72. The number of halogens is 2. The minimum atomic E-state index is -0.593. The molecule has 2 aliphatic rings. The molecule has 5 heteroatoms. The Labute approximate surface area is 248 Å². The van der Waals surface area contributed by atoms with Crippen molar-refractivity contribution in [2.75, 3.05) is 4.90 Å². The minimum Gasteiger partial charge on any atom is -0.310 e. The van der Waals surface area contributed by atoms with Crippen molar-refractivity contribution in [1.29, 1.82) is 0 Å². The molecule has 7 aromatic rings. The van der Waals surface area contributed by atoms with Crippen LogP contribution in [0.1, 0.15) is 11.1 Å². The lowest BCUT2D eigenvalue weighted by Gasteiger charge is -2.40. The first-order valence-corrected chi connectivity index (χ1v) is 14.6. The third kappa shape index (κ3) is 3.17. The smallest absolute Gasteiger partial charge is 0.252 e. The maximum absolute atomic E-state index is 15.8. The fraction of sp³-hybridized carbons (Fsp3) is 0.0526. The Hall–Kier alpha value is -5.16. The molecule has 6 aromatic carbocycles. The zero-order valence-electron chi connectivity index (χ0n) is 23.7. The second-order valence-corrected chi connectivity index (χ2v) is 11.7. The van der Waals surface area contributed by atoms with Gasteiger partial charge in [0.15, 0.2) is 0 Å². The van der Waals surface area contributed by atoms with Crippen LogP contribution in [0, 0.1) is 25.5 Å². The van der Waals surface area contributed by atoms with Gasteiger partial charge in [-0.15, -0.1) is 0 Å². The SMILES string of the molecule is Cc1cccc(C)c1-c1cc2c3c(c1)-n1c4ccccc4c4cccc(c41)B3c1ccccc1N2c1c(F)cccc1F. The van der Waals surface area contributed by atoms with Gasteiger partial charge in [-0.3, -0.25) is 0 Å². The second-order valence-electron chi connectivity index (χ2n) is 11.7. The van der Waals surface area contributed by atoms with Crippen LogP contribution < -0.4 is 21.3 Å². The number of aryl methyl sites for hydroxylation is 2. The van der Waals surface area contributed by atoms with E-state index in [1.807, 2.05) is 23.1 Å². The maximum atomic E-state index is 15.8. The normalized spacial score (nSPS) is 13.0. The molecule has 43 heavy (non-hydrogen) atoms. The van der Waals surface area contributed by atoms with E-state index >= 15 is 8.78 Å². The Bertz CT molecular complexity index is 2280. The van der Waals surface area contributed by atoms with Gasteiger partial charge in [-0.25, -0.2) is 8.78 Å². The molecule has 0 N–H and O–H groups in total. The number of anilines is 3. The first-order valence-electron chi connectivity index (χ1n) is 14.6. The van der Waals surface area contributed by atoms with E-state index in [1.54, 1.807) is 0 Å². The van der Waals surface area contributed by atoms with Gasteiger partial charge in [-0.2, -0.15) is 0 Å². The average Bonchev–Trinajstić information content (AvgIpc) is 3.35. The van der Waals surface area contributed by atoms with Gasteiger partial charge in [-0.1, -0.05) is 78.9 Å². The van der Waals surface area contributed by atoms with Gasteiger partial charge in [0.2, 0.25) is 0 Å². The average molecular weight is 558 g/mol. The highest BCUT2D eigenvalue weighted by molar-refractivity contribution is 7.00. The topological polar surface area (TPSA) is 8.17 Å². The second kappa shape index (κ2) is 8.68. The first-order chi connectivity index (χ1) is 21.0. The third-order valence-electron chi connectivity index (χ3n) is 9.36. The van der Waals surface area contributed by atoms with Gasteiger partial charge < -0.3 is 9.47 Å². The molecule has 0 amide bonds. The van der Waals surface area contributed by atoms with Crippen LogP contribution in [0.3, 0.4) is 0 Å². The summed E-state index contributed by atoms with van der Waals surface area (Å²) in [6.45, 7) is 4.15. The van der Waals surface area contributed by atoms with Gasteiger partial charge >= 0.3 is 0 Å². The zero-order valence-corrected chi connectivity index (χ0v) is 23.7. The largest absolute Gasteiger partial charge is 0.310 e. The van der Waals surface area contributed by atoms with E-state index in [4.69, 9.17) is 0 Å². The van der Waals surface area contributed by atoms with Crippen molar-refractivity contribution >= 4 is 62.0 Å². The molecule has 9 rings (SSSR count). The number of aromatic nitrogens is 1. The van der Waals surface area contributed by atoms with Crippen LogP contribution in [0.2, 0.25) is 0 Å². The molecule has 0 saturated carbocycles. The summed E-state index contributed by atoms with van der Waals surface area (Å²) in [5.74, 6) is -1.19. The summed E-state index contributed by atoms with van der Waals surface area (Å²) >= 11 is 0. The monoisotopic (exact) mass is 558 g/mol. The number of hydrogen-bond acceptors (Lipinski definition) is 1. The van der Waals surface area contributed by atoms with Crippen LogP contribution in [-0.4, -0.2) is 11.3 Å². The van der Waals surface area contributed by atoms with Gasteiger partial charge in [0.1, 0.15) is 17.3 Å². The molecule has 204 valence electrons. The number of rotatable bonds is 2. The molecule has 2 aliphatic heterocycles. The summed E-state index contributed by atoms with van der Waals surface area (Å²) in [4.78, 5) is 1.81. The highest BCUT2D eigenvalue weighted by atomic mass is 19.1. The van der Waals surface area contributed by atoms with Crippen LogP contribution >= 0.6 is 0 Å². The van der Waals surface area contributed by atoms with Crippen LogP contribution in [-0.2, 0) is 0 Å². The van der Waals surface area contributed by atoms with Crippen molar-refractivity contribution in [3.8, 4) is 16.8 Å². The predicted molar refractivity (Wildman–Crippen MR) is 175 cm³/mol. The molecule has 0 fully saturated rings. The number of para-hydroxylation sites is 4. The summed E-state index contributed by atoms with van der Waals surface area (Å²) < 4.78 is 33.9.